The molecule has 0 amide bonds. The highest BCUT2D eigenvalue weighted by Gasteiger charge is 2.11. The first-order valence-electron chi connectivity index (χ1n) is 5.78. The van der Waals surface area contributed by atoms with Crippen molar-refractivity contribution in [2.24, 2.45) is 0 Å². The minimum absolute atomic E-state index is 0.0544. The summed E-state index contributed by atoms with van der Waals surface area (Å²) in [4.78, 5) is 0. The molecular weight excluding hydrogens is 288 g/mol. The van der Waals surface area contributed by atoms with Gasteiger partial charge in [-0.2, -0.15) is 0 Å². The fourth-order valence-electron chi connectivity index (χ4n) is 1.32. The van der Waals surface area contributed by atoms with E-state index in [-0.39, 0.29) is 5.75 Å². The Hall–Kier alpha value is -1.39. The highest BCUT2D eigenvalue weighted by molar-refractivity contribution is 7.79. The van der Waals surface area contributed by atoms with Crippen LogP contribution in [0.2, 0.25) is 0 Å². The first-order valence-corrected chi connectivity index (χ1v) is 7.15. The van der Waals surface area contributed by atoms with E-state index >= 15 is 0 Å². The van der Waals surface area contributed by atoms with Crippen molar-refractivity contribution in [3.63, 3.8) is 0 Å². The van der Waals surface area contributed by atoms with E-state index in [0.717, 1.165) is 5.56 Å². The number of benzene rings is 1. The Kier molecular flexibility index (Phi) is 7.46. The van der Waals surface area contributed by atoms with Crippen molar-refractivity contribution in [2.45, 2.75) is 26.0 Å². The van der Waals surface area contributed by atoms with Gasteiger partial charge in [0.2, 0.25) is 10.4 Å². The summed E-state index contributed by atoms with van der Waals surface area (Å²) < 4.78 is 32.8. The van der Waals surface area contributed by atoms with Crippen LogP contribution in [0.1, 0.15) is 25.5 Å². The van der Waals surface area contributed by atoms with Gasteiger partial charge in [0.05, 0.1) is 11.7 Å². The van der Waals surface area contributed by atoms with Crippen molar-refractivity contribution >= 4 is 16.1 Å². The van der Waals surface area contributed by atoms with Crippen LogP contribution in [0.4, 0.5) is 5.69 Å². The van der Waals surface area contributed by atoms with Crippen LogP contribution in [0.3, 0.4) is 0 Å². The molecule has 1 rings (SSSR count). The Balaban J connectivity index is 0.000000621. The summed E-state index contributed by atoms with van der Waals surface area (Å²) in [6, 6.07) is 5.25. The summed E-state index contributed by atoms with van der Waals surface area (Å²) in [6.45, 7) is 4.73. The molecule has 1 unspecified atom stereocenters. The number of nitrogens with two attached hydrogens (primary N) is 2. The molecule has 0 aliphatic rings. The molecule has 1 aromatic rings. The molecular formula is C11H20N2O6S. The largest absolute Gasteiger partial charge is 0.726 e. The maximum Gasteiger partial charge on any atom is 0.215 e. The van der Waals surface area contributed by atoms with Crippen molar-refractivity contribution < 1.29 is 33.1 Å². The van der Waals surface area contributed by atoms with Gasteiger partial charge in [0.15, 0.2) is 0 Å². The smallest absolute Gasteiger partial charge is 0.215 e. The van der Waals surface area contributed by atoms with Gasteiger partial charge in [0.25, 0.3) is 0 Å². The van der Waals surface area contributed by atoms with Gasteiger partial charge in [-0.3, -0.25) is 4.55 Å². The third-order valence-corrected chi connectivity index (χ3v) is 2.27. The first-order chi connectivity index (χ1) is 9.00. The van der Waals surface area contributed by atoms with Crippen molar-refractivity contribution in [2.75, 3.05) is 12.3 Å². The molecule has 0 aliphatic heterocycles. The Bertz CT molecular complexity index is 510. The zero-order chi connectivity index (χ0) is 15.9. The van der Waals surface area contributed by atoms with Gasteiger partial charge in [-0.1, -0.05) is 6.07 Å². The van der Waals surface area contributed by atoms with Crippen molar-refractivity contribution in [1.29, 1.82) is 0 Å². The topological polar surface area (TPSA) is 161 Å². The number of phenols is 1. The summed E-state index contributed by atoms with van der Waals surface area (Å²) in [7, 11) is -4.92. The van der Waals surface area contributed by atoms with Crippen LogP contribution in [0.5, 0.6) is 5.75 Å². The van der Waals surface area contributed by atoms with Crippen LogP contribution in [-0.2, 0) is 10.4 Å². The molecule has 0 aliphatic carbocycles. The summed E-state index contributed by atoms with van der Waals surface area (Å²) in [5, 5.41) is 21.1. The second kappa shape index (κ2) is 8.02. The number of aliphatic hydroxyl groups is 1. The molecule has 20 heavy (non-hydrogen) atoms. The molecule has 8 nitrogen and oxygen atoms in total. The lowest BCUT2D eigenvalue weighted by molar-refractivity contribution is -0.689. The average molecular weight is 308 g/mol. The van der Waals surface area contributed by atoms with Gasteiger partial charge >= 0.3 is 0 Å². The number of aliphatic hydroxyl groups excluding tert-OH is 1. The molecule has 0 fully saturated rings. The Morgan fingerprint density at radius 2 is 1.90 bits per heavy atom. The standard InChI is InChI=1S/C11H18N2O2.H2O4S/c1-7(2)13-6-11(15)8-3-4-10(14)9(12)5-8;1-5(2,3)4/h3-5,7,11,13-15H,6,12H2,1-2H3;(H2,1,2,3,4). The van der Waals surface area contributed by atoms with Crippen LogP contribution >= 0.6 is 0 Å². The SMILES string of the molecule is CC(C)[NH2+]CC(O)c1ccc(O)c(N)c1.O=S(=O)([O-])O. The van der Waals surface area contributed by atoms with Crippen LogP contribution in [0.15, 0.2) is 18.2 Å². The van der Waals surface area contributed by atoms with E-state index in [9.17, 15) is 10.2 Å². The van der Waals surface area contributed by atoms with E-state index in [4.69, 9.17) is 23.3 Å². The van der Waals surface area contributed by atoms with E-state index < -0.39 is 16.5 Å². The number of aromatic hydroxyl groups is 1. The molecule has 0 spiro atoms. The molecule has 116 valence electrons. The van der Waals surface area contributed by atoms with Gasteiger partial charge in [-0.05, 0) is 31.5 Å². The van der Waals surface area contributed by atoms with Crippen LogP contribution < -0.4 is 11.1 Å². The first kappa shape index (κ1) is 18.6. The van der Waals surface area contributed by atoms with E-state index in [1.165, 1.54) is 6.07 Å². The molecule has 0 bridgehead atoms. The number of phenolic OH excluding ortho intramolecular Hbond substituents is 1. The highest BCUT2D eigenvalue weighted by Crippen LogP contribution is 2.23. The predicted octanol–water partition coefficient (Wildman–Crippen LogP) is -1.02. The average Bonchev–Trinajstić information content (AvgIpc) is 2.27. The van der Waals surface area contributed by atoms with Gasteiger partial charge in [-0.25, -0.2) is 8.42 Å². The van der Waals surface area contributed by atoms with Gasteiger partial charge < -0.3 is 25.8 Å². The molecule has 9 heteroatoms. The van der Waals surface area contributed by atoms with E-state index in [1.807, 2.05) is 5.32 Å². The number of hydrogen-bond donors (Lipinski definition) is 5. The second-order valence-electron chi connectivity index (χ2n) is 4.48. The lowest BCUT2D eigenvalue weighted by Gasteiger charge is -2.12. The van der Waals surface area contributed by atoms with Gasteiger partial charge in [-0.15, -0.1) is 0 Å². The fraction of sp³-hybridized carbons (Fsp3) is 0.455. The van der Waals surface area contributed by atoms with Gasteiger partial charge in [0.1, 0.15) is 18.4 Å². The predicted molar refractivity (Wildman–Crippen MR) is 71.7 cm³/mol. The number of hydrogen-bond acceptors (Lipinski definition) is 6. The lowest BCUT2D eigenvalue weighted by Crippen LogP contribution is -2.89. The molecule has 0 heterocycles. The van der Waals surface area contributed by atoms with Gasteiger partial charge in [0, 0.05) is 0 Å². The summed E-state index contributed by atoms with van der Waals surface area (Å²) in [5.41, 5.74) is 6.58. The van der Waals surface area contributed by atoms with Crippen molar-refractivity contribution in [3.05, 3.63) is 23.8 Å². The molecule has 7 N–H and O–H groups in total. The molecule has 0 aromatic heterocycles. The second-order valence-corrected chi connectivity index (χ2v) is 5.33. The number of quaternary nitrogens is 1. The third kappa shape index (κ3) is 9.53. The van der Waals surface area contributed by atoms with Crippen LogP contribution in [-0.4, -0.2) is 40.3 Å². The quantitative estimate of drug-likeness (QED) is 0.206. The Labute approximate surface area is 117 Å². The summed E-state index contributed by atoms with van der Waals surface area (Å²) >= 11 is 0. The number of nitrogen functional groups attached to an aromatic ring is 1. The maximum absolute atomic E-state index is 9.82. The molecule has 1 atom stereocenters. The molecule has 0 radical (unpaired) electrons. The van der Waals surface area contributed by atoms with Crippen LogP contribution in [0, 0.1) is 0 Å². The highest BCUT2D eigenvalue weighted by atomic mass is 32.3. The zero-order valence-corrected chi connectivity index (χ0v) is 12.0. The van der Waals surface area contributed by atoms with Crippen molar-refractivity contribution in [1.82, 2.24) is 0 Å². The normalized spacial score (nSPS) is 12.7. The van der Waals surface area contributed by atoms with E-state index in [1.54, 1.807) is 12.1 Å². The number of rotatable bonds is 4. The fourth-order valence-corrected chi connectivity index (χ4v) is 1.32. The zero-order valence-electron chi connectivity index (χ0n) is 11.2. The van der Waals surface area contributed by atoms with Crippen LogP contribution in [0.25, 0.3) is 0 Å². The Morgan fingerprint density at radius 1 is 1.40 bits per heavy atom. The summed E-state index contributed by atoms with van der Waals surface area (Å²) in [5.74, 6) is 0.0544. The monoisotopic (exact) mass is 308 g/mol. The molecule has 1 aromatic carbocycles. The third-order valence-electron chi connectivity index (χ3n) is 2.27. The minimum atomic E-state index is -4.92. The van der Waals surface area contributed by atoms with E-state index in [2.05, 4.69) is 13.8 Å². The maximum atomic E-state index is 9.82. The van der Waals surface area contributed by atoms with Crippen molar-refractivity contribution in [3.8, 4) is 5.75 Å². The number of anilines is 1. The minimum Gasteiger partial charge on any atom is -0.726 e. The summed E-state index contributed by atoms with van der Waals surface area (Å²) in [6.07, 6.45) is -0.546. The van der Waals surface area contributed by atoms with E-state index in [0.29, 0.717) is 18.3 Å². The Morgan fingerprint density at radius 3 is 2.30 bits per heavy atom. The lowest BCUT2D eigenvalue weighted by atomic mass is 10.1. The molecule has 0 saturated carbocycles. The molecule has 0 saturated heterocycles.